The first-order valence-electron chi connectivity index (χ1n) is 6.28. The van der Waals surface area contributed by atoms with Crippen LogP contribution < -0.4 is 9.79 Å². The Labute approximate surface area is 143 Å². The van der Waals surface area contributed by atoms with Gasteiger partial charge in [-0.1, -0.05) is 23.2 Å². The molecule has 0 aromatic heterocycles. The second kappa shape index (κ2) is 6.76. The van der Waals surface area contributed by atoms with Crippen molar-refractivity contribution in [3.63, 3.8) is 0 Å². The maximum Gasteiger partial charge on any atom is 0.286 e. The first-order valence-corrected chi connectivity index (χ1v) is 8.48. The van der Waals surface area contributed by atoms with Crippen molar-refractivity contribution in [3.8, 4) is 0 Å². The van der Waals surface area contributed by atoms with Gasteiger partial charge in [0.2, 0.25) is 5.91 Å². The lowest BCUT2D eigenvalue weighted by Crippen LogP contribution is -2.27. The maximum atomic E-state index is 12.4. The molecule has 0 atom stereocenters. The van der Waals surface area contributed by atoms with Gasteiger partial charge in [0.1, 0.15) is 0 Å². The number of carbonyl (C=O) groups excluding carboxylic acids is 1. The summed E-state index contributed by atoms with van der Waals surface area (Å²) in [5, 5.41) is 12.9. The zero-order chi connectivity index (χ0) is 17.2. The zero-order valence-corrected chi connectivity index (χ0v) is 14.2. The predicted octanol–water partition coefficient (Wildman–Crippen LogP) is 3.54. The number of hydrogen-bond acceptors (Lipinski definition) is 4. The molecule has 0 heterocycles. The molecule has 2 aromatic carbocycles. The topological polar surface area (TPSA) is 86.7 Å². The van der Waals surface area contributed by atoms with Crippen molar-refractivity contribution in [1.29, 1.82) is 0 Å². The molecule has 0 aliphatic heterocycles. The molecule has 0 aliphatic carbocycles. The van der Waals surface area contributed by atoms with Crippen LogP contribution in [0.15, 0.2) is 47.4 Å². The number of anilines is 2. The Bertz CT molecular complexity index is 818. The van der Waals surface area contributed by atoms with E-state index < -0.39 is 10.0 Å². The summed E-state index contributed by atoms with van der Waals surface area (Å²) in [5.74, 6) is -0.280. The lowest BCUT2D eigenvalue weighted by atomic mass is 10.3. The summed E-state index contributed by atoms with van der Waals surface area (Å²) in [6.45, 7) is 1.34. The molecule has 23 heavy (non-hydrogen) atoms. The van der Waals surface area contributed by atoms with Gasteiger partial charge in [-0.3, -0.25) is 10.0 Å². The minimum atomic E-state index is -4.21. The van der Waals surface area contributed by atoms with E-state index in [4.69, 9.17) is 23.2 Å². The van der Waals surface area contributed by atoms with Crippen LogP contribution in [0.4, 0.5) is 11.4 Å². The standard InChI is InChI=1S/C14H12Cl2N2O4S/c1-9(19)17-12-2-4-14(5-3-12)23(21,22)18(20)13-7-10(15)6-11(16)8-13/h2-8,20H,1H3,(H,17,19). The molecule has 1 amide bonds. The van der Waals surface area contributed by atoms with E-state index in [0.29, 0.717) is 5.69 Å². The van der Waals surface area contributed by atoms with E-state index in [-0.39, 0.29) is 31.0 Å². The monoisotopic (exact) mass is 374 g/mol. The molecule has 0 spiro atoms. The van der Waals surface area contributed by atoms with Crippen LogP contribution in [0.25, 0.3) is 0 Å². The van der Waals surface area contributed by atoms with E-state index >= 15 is 0 Å². The lowest BCUT2D eigenvalue weighted by molar-refractivity contribution is -0.114. The Hall–Kier alpha value is -1.80. The van der Waals surface area contributed by atoms with Crippen LogP contribution in [0, 0.1) is 0 Å². The molecule has 2 rings (SSSR count). The van der Waals surface area contributed by atoms with E-state index in [9.17, 15) is 18.4 Å². The Kier molecular flexibility index (Phi) is 5.16. The zero-order valence-electron chi connectivity index (χ0n) is 11.8. The van der Waals surface area contributed by atoms with Crippen molar-refractivity contribution in [2.24, 2.45) is 0 Å². The second-order valence-electron chi connectivity index (χ2n) is 4.58. The van der Waals surface area contributed by atoms with Crippen LogP contribution >= 0.6 is 23.2 Å². The normalized spacial score (nSPS) is 11.1. The van der Waals surface area contributed by atoms with Crippen molar-refractivity contribution in [3.05, 3.63) is 52.5 Å². The number of amides is 1. The molecule has 0 aliphatic rings. The van der Waals surface area contributed by atoms with Gasteiger partial charge in [0.25, 0.3) is 10.0 Å². The van der Waals surface area contributed by atoms with Gasteiger partial charge in [-0.2, -0.15) is 8.42 Å². The van der Waals surface area contributed by atoms with Gasteiger partial charge < -0.3 is 5.32 Å². The predicted molar refractivity (Wildman–Crippen MR) is 88.7 cm³/mol. The Morgan fingerprint density at radius 2 is 1.61 bits per heavy atom. The number of benzene rings is 2. The molecule has 0 saturated heterocycles. The first kappa shape index (κ1) is 17.6. The molecular weight excluding hydrogens is 363 g/mol. The highest BCUT2D eigenvalue weighted by molar-refractivity contribution is 7.92. The van der Waals surface area contributed by atoms with Gasteiger partial charge >= 0.3 is 0 Å². The molecule has 2 aromatic rings. The van der Waals surface area contributed by atoms with Crippen LogP contribution in [-0.4, -0.2) is 19.5 Å². The summed E-state index contributed by atoms with van der Waals surface area (Å²) in [6.07, 6.45) is 0. The fourth-order valence-corrected chi connectivity index (χ4v) is 3.38. The van der Waals surface area contributed by atoms with Crippen molar-refractivity contribution in [1.82, 2.24) is 0 Å². The van der Waals surface area contributed by atoms with Gasteiger partial charge in [0.05, 0.1) is 10.6 Å². The Morgan fingerprint density at radius 1 is 1.09 bits per heavy atom. The molecule has 0 saturated carbocycles. The van der Waals surface area contributed by atoms with Crippen molar-refractivity contribution < 1.29 is 18.4 Å². The number of carbonyl (C=O) groups is 1. The highest BCUT2D eigenvalue weighted by Crippen LogP contribution is 2.28. The smallest absolute Gasteiger partial charge is 0.286 e. The summed E-state index contributed by atoms with van der Waals surface area (Å²) in [6, 6.07) is 9.27. The average molecular weight is 375 g/mol. The van der Waals surface area contributed by atoms with Gasteiger partial charge in [0, 0.05) is 22.7 Å². The minimum absolute atomic E-state index is 0.0894. The SMILES string of the molecule is CC(=O)Nc1ccc(S(=O)(=O)N(O)c2cc(Cl)cc(Cl)c2)cc1. The van der Waals surface area contributed by atoms with E-state index in [2.05, 4.69) is 5.32 Å². The van der Waals surface area contributed by atoms with E-state index in [1.807, 2.05) is 0 Å². The largest absolute Gasteiger partial charge is 0.326 e. The van der Waals surface area contributed by atoms with Crippen LogP contribution in [-0.2, 0) is 14.8 Å². The molecule has 122 valence electrons. The highest BCUT2D eigenvalue weighted by atomic mass is 35.5. The fourth-order valence-electron chi connectivity index (χ4n) is 1.80. The Morgan fingerprint density at radius 3 is 2.09 bits per heavy atom. The molecular formula is C14H12Cl2N2O4S. The summed E-state index contributed by atoms with van der Waals surface area (Å²) in [5.41, 5.74) is 0.347. The average Bonchev–Trinajstić information content (AvgIpc) is 2.45. The molecule has 0 unspecified atom stereocenters. The highest BCUT2D eigenvalue weighted by Gasteiger charge is 2.24. The number of sulfonamides is 1. The van der Waals surface area contributed by atoms with E-state index in [1.165, 1.54) is 49.4 Å². The van der Waals surface area contributed by atoms with E-state index in [1.54, 1.807) is 0 Å². The first-order chi connectivity index (χ1) is 10.7. The third kappa shape index (κ3) is 4.14. The molecule has 9 heteroatoms. The molecule has 0 radical (unpaired) electrons. The number of halogens is 2. The van der Waals surface area contributed by atoms with Crippen molar-refractivity contribution in [2.45, 2.75) is 11.8 Å². The van der Waals surface area contributed by atoms with Gasteiger partial charge in [-0.05, 0) is 42.5 Å². The van der Waals surface area contributed by atoms with Gasteiger partial charge in [-0.25, -0.2) is 0 Å². The molecule has 0 bridgehead atoms. The number of hydrogen-bond donors (Lipinski definition) is 2. The van der Waals surface area contributed by atoms with Crippen molar-refractivity contribution >= 4 is 50.5 Å². The van der Waals surface area contributed by atoms with Gasteiger partial charge in [-0.15, -0.1) is 4.47 Å². The summed E-state index contributed by atoms with van der Waals surface area (Å²) >= 11 is 11.6. The summed E-state index contributed by atoms with van der Waals surface area (Å²) < 4.78 is 24.9. The molecule has 2 N–H and O–H groups in total. The number of rotatable bonds is 4. The molecule has 6 nitrogen and oxygen atoms in total. The summed E-state index contributed by atoms with van der Waals surface area (Å²) in [4.78, 5) is 10.8. The molecule has 0 fully saturated rings. The van der Waals surface area contributed by atoms with Crippen LogP contribution in [0.5, 0.6) is 0 Å². The second-order valence-corrected chi connectivity index (χ2v) is 7.22. The van der Waals surface area contributed by atoms with Gasteiger partial charge in [0.15, 0.2) is 0 Å². The maximum absolute atomic E-state index is 12.4. The van der Waals surface area contributed by atoms with E-state index in [0.717, 1.165) is 0 Å². The van der Waals surface area contributed by atoms with Crippen LogP contribution in [0.2, 0.25) is 10.0 Å². The Balaban J connectivity index is 2.35. The summed E-state index contributed by atoms with van der Waals surface area (Å²) in [7, 11) is -4.21. The quantitative estimate of drug-likeness (QED) is 0.801. The lowest BCUT2D eigenvalue weighted by Gasteiger charge is -2.17. The van der Waals surface area contributed by atoms with Crippen LogP contribution in [0.3, 0.4) is 0 Å². The third-order valence-corrected chi connectivity index (χ3v) is 4.74. The fraction of sp³-hybridized carbons (Fsp3) is 0.0714. The van der Waals surface area contributed by atoms with Crippen LogP contribution in [0.1, 0.15) is 6.92 Å². The van der Waals surface area contributed by atoms with Crippen molar-refractivity contribution in [2.75, 3.05) is 9.79 Å². The third-order valence-electron chi connectivity index (χ3n) is 2.77. The number of nitrogens with zero attached hydrogens (tertiary/aromatic N) is 1. The number of nitrogens with one attached hydrogen (secondary N) is 1. The minimum Gasteiger partial charge on any atom is -0.326 e.